The quantitative estimate of drug-likeness (QED) is 0.708. The van der Waals surface area contributed by atoms with Crippen molar-refractivity contribution in [3.8, 4) is 0 Å². The second-order valence-corrected chi connectivity index (χ2v) is 5.28. The van der Waals surface area contributed by atoms with Gasteiger partial charge in [-0.2, -0.15) is 0 Å². The van der Waals surface area contributed by atoms with Crippen molar-refractivity contribution >= 4 is 0 Å². The first-order valence-electron chi connectivity index (χ1n) is 6.38. The van der Waals surface area contributed by atoms with E-state index >= 15 is 0 Å². The molecule has 0 bridgehead atoms. The minimum absolute atomic E-state index is 0.213. The molecule has 2 fully saturated rings. The number of nitrogens with zero attached hydrogens (tertiary/aromatic N) is 1. The van der Waals surface area contributed by atoms with Crippen LogP contribution in [-0.2, 0) is 0 Å². The Hall–Kier alpha value is -0.120. The summed E-state index contributed by atoms with van der Waals surface area (Å²) >= 11 is 0. The van der Waals surface area contributed by atoms with Crippen LogP contribution in [0.4, 0.5) is 0 Å². The second-order valence-electron chi connectivity index (χ2n) is 5.28. The molecule has 0 spiro atoms. The zero-order valence-electron chi connectivity index (χ0n) is 9.78. The molecule has 0 aromatic heterocycles. The van der Waals surface area contributed by atoms with E-state index in [0.717, 1.165) is 12.5 Å². The van der Waals surface area contributed by atoms with Gasteiger partial charge in [0.25, 0.3) is 0 Å². The minimum atomic E-state index is -0.213. The molecular weight excluding hydrogens is 188 g/mol. The first-order chi connectivity index (χ1) is 7.24. The Balaban J connectivity index is 1.58. The molecular formula is C12H24N2O. The normalized spacial score (nSPS) is 26.8. The third-order valence-electron chi connectivity index (χ3n) is 3.50. The molecule has 2 aliphatic rings. The van der Waals surface area contributed by atoms with E-state index in [0.29, 0.717) is 6.04 Å². The Kier molecular flexibility index (Phi) is 4.00. The fourth-order valence-corrected chi connectivity index (χ4v) is 2.32. The molecule has 3 heteroatoms. The van der Waals surface area contributed by atoms with Crippen molar-refractivity contribution in [3.05, 3.63) is 0 Å². The zero-order valence-corrected chi connectivity index (χ0v) is 9.78. The molecule has 0 aromatic carbocycles. The predicted octanol–water partition coefficient (Wildman–Crippen LogP) is 0.831. The number of piperidine rings is 1. The van der Waals surface area contributed by atoms with Gasteiger partial charge in [-0.15, -0.1) is 0 Å². The Morgan fingerprint density at radius 3 is 2.47 bits per heavy atom. The molecule has 3 nitrogen and oxygen atoms in total. The number of hydrogen-bond donors (Lipinski definition) is 2. The summed E-state index contributed by atoms with van der Waals surface area (Å²) in [5.74, 6) is 1.02. The highest BCUT2D eigenvalue weighted by molar-refractivity contribution is 4.82. The molecule has 1 aliphatic heterocycles. The molecule has 88 valence electrons. The maximum Gasteiger partial charge on any atom is 0.0636 e. The topological polar surface area (TPSA) is 35.5 Å². The van der Waals surface area contributed by atoms with Crippen LogP contribution in [-0.4, -0.2) is 48.3 Å². The van der Waals surface area contributed by atoms with E-state index in [1.165, 1.54) is 45.3 Å². The van der Waals surface area contributed by atoms with Crippen molar-refractivity contribution < 1.29 is 5.11 Å². The first-order valence-corrected chi connectivity index (χ1v) is 6.38. The lowest BCUT2D eigenvalue weighted by atomic mass is 10.0. The number of hydrogen-bond acceptors (Lipinski definition) is 3. The van der Waals surface area contributed by atoms with Gasteiger partial charge in [0.2, 0.25) is 0 Å². The number of nitrogens with one attached hydrogen (secondary N) is 1. The van der Waals surface area contributed by atoms with Gasteiger partial charge in [0.05, 0.1) is 6.10 Å². The van der Waals surface area contributed by atoms with E-state index in [4.69, 9.17) is 0 Å². The number of rotatable bonds is 5. The number of aliphatic hydroxyl groups excluding tert-OH is 1. The molecule has 1 aliphatic carbocycles. The van der Waals surface area contributed by atoms with Crippen molar-refractivity contribution in [1.82, 2.24) is 10.2 Å². The van der Waals surface area contributed by atoms with Crippen LogP contribution in [0, 0.1) is 5.92 Å². The van der Waals surface area contributed by atoms with Crippen LogP contribution in [0.25, 0.3) is 0 Å². The van der Waals surface area contributed by atoms with Gasteiger partial charge >= 0.3 is 0 Å². The minimum Gasteiger partial charge on any atom is -0.392 e. The number of likely N-dealkylation sites (tertiary alicyclic amines) is 1. The van der Waals surface area contributed by atoms with Crippen LogP contribution in [0.3, 0.4) is 0 Å². The Morgan fingerprint density at radius 1 is 1.27 bits per heavy atom. The molecule has 0 radical (unpaired) electrons. The van der Waals surface area contributed by atoms with E-state index in [1.807, 2.05) is 6.92 Å². The van der Waals surface area contributed by atoms with E-state index in [9.17, 15) is 5.11 Å². The van der Waals surface area contributed by atoms with Crippen molar-refractivity contribution in [2.75, 3.05) is 26.2 Å². The Morgan fingerprint density at radius 2 is 1.93 bits per heavy atom. The van der Waals surface area contributed by atoms with Crippen molar-refractivity contribution in [3.63, 3.8) is 0 Å². The molecule has 2 N–H and O–H groups in total. The fourth-order valence-electron chi connectivity index (χ4n) is 2.32. The van der Waals surface area contributed by atoms with Gasteiger partial charge in [-0.1, -0.05) is 0 Å². The van der Waals surface area contributed by atoms with Crippen LogP contribution in [0.2, 0.25) is 0 Å². The van der Waals surface area contributed by atoms with Gasteiger partial charge in [0, 0.05) is 19.1 Å². The monoisotopic (exact) mass is 212 g/mol. The second kappa shape index (κ2) is 5.28. The molecule has 0 unspecified atom stereocenters. The van der Waals surface area contributed by atoms with E-state index < -0.39 is 0 Å². The van der Waals surface area contributed by atoms with Crippen LogP contribution < -0.4 is 5.32 Å². The Bertz CT molecular complexity index is 184. The van der Waals surface area contributed by atoms with Crippen LogP contribution in [0.1, 0.15) is 32.6 Å². The first kappa shape index (κ1) is 11.4. The molecule has 1 saturated heterocycles. The molecule has 1 saturated carbocycles. The summed E-state index contributed by atoms with van der Waals surface area (Å²) in [5.41, 5.74) is 0. The average Bonchev–Trinajstić information content (AvgIpc) is 3.01. The average molecular weight is 212 g/mol. The lowest BCUT2D eigenvalue weighted by molar-refractivity contribution is 0.159. The summed E-state index contributed by atoms with van der Waals surface area (Å²) in [5, 5.41) is 12.6. The predicted molar refractivity (Wildman–Crippen MR) is 61.9 cm³/mol. The highest BCUT2D eigenvalue weighted by Crippen LogP contribution is 2.30. The van der Waals surface area contributed by atoms with Gasteiger partial charge in [-0.25, -0.2) is 0 Å². The summed E-state index contributed by atoms with van der Waals surface area (Å²) in [6, 6.07) is 0.634. The van der Waals surface area contributed by atoms with Crippen LogP contribution in [0.15, 0.2) is 0 Å². The lowest BCUT2D eigenvalue weighted by Crippen LogP contribution is -2.44. The zero-order chi connectivity index (χ0) is 10.7. The van der Waals surface area contributed by atoms with Gasteiger partial charge in [0.15, 0.2) is 0 Å². The lowest BCUT2D eigenvalue weighted by Gasteiger charge is -2.32. The summed E-state index contributed by atoms with van der Waals surface area (Å²) in [4.78, 5) is 2.61. The fraction of sp³-hybridized carbons (Fsp3) is 1.00. The standard InChI is InChI=1S/C12H24N2O/c1-10(15)8-13-12-4-6-14(7-5-12)9-11-2-3-11/h10-13,15H,2-9H2,1H3/t10-/m0/s1. The van der Waals surface area contributed by atoms with Crippen molar-refractivity contribution in [1.29, 1.82) is 0 Å². The SMILES string of the molecule is C[C@H](O)CNC1CCN(CC2CC2)CC1. The maximum atomic E-state index is 9.19. The summed E-state index contributed by atoms with van der Waals surface area (Å²) < 4.78 is 0. The third-order valence-corrected chi connectivity index (χ3v) is 3.50. The van der Waals surface area contributed by atoms with Gasteiger partial charge in [-0.3, -0.25) is 0 Å². The van der Waals surface area contributed by atoms with Gasteiger partial charge in [-0.05, 0) is 51.6 Å². The summed E-state index contributed by atoms with van der Waals surface area (Å²) in [6.45, 7) is 6.41. The smallest absolute Gasteiger partial charge is 0.0636 e. The van der Waals surface area contributed by atoms with Crippen LogP contribution in [0.5, 0.6) is 0 Å². The number of aliphatic hydroxyl groups is 1. The Labute approximate surface area is 92.8 Å². The van der Waals surface area contributed by atoms with E-state index in [-0.39, 0.29) is 6.10 Å². The van der Waals surface area contributed by atoms with Gasteiger partial charge < -0.3 is 15.3 Å². The molecule has 15 heavy (non-hydrogen) atoms. The molecule has 1 atom stereocenters. The van der Waals surface area contributed by atoms with E-state index in [1.54, 1.807) is 0 Å². The summed E-state index contributed by atoms with van der Waals surface area (Å²) in [7, 11) is 0. The van der Waals surface area contributed by atoms with Crippen molar-refractivity contribution in [2.24, 2.45) is 5.92 Å². The van der Waals surface area contributed by atoms with Crippen molar-refractivity contribution in [2.45, 2.75) is 44.8 Å². The highest BCUT2D eigenvalue weighted by Gasteiger charge is 2.26. The molecule has 0 aromatic rings. The van der Waals surface area contributed by atoms with Gasteiger partial charge in [0.1, 0.15) is 0 Å². The molecule has 0 amide bonds. The largest absolute Gasteiger partial charge is 0.392 e. The molecule has 1 heterocycles. The van der Waals surface area contributed by atoms with Crippen LogP contribution >= 0.6 is 0 Å². The highest BCUT2D eigenvalue weighted by atomic mass is 16.3. The maximum absolute atomic E-state index is 9.19. The third kappa shape index (κ3) is 4.09. The molecule has 2 rings (SSSR count). The van der Waals surface area contributed by atoms with E-state index in [2.05, 4.69) is 10.2 Å². The summed E-state index contributed by atoms with van der Waals surface area (Å²) in [6.07, 6.45) is 5.20.